The SMILES string of the molecule is CCCC1(c2nn3c(C4CCCC4)nnc3s2)CCCN1. The average Bonchev–Trinajstić information content (AvgIpc) is 3.23. The van der Waals surface area contributed by atoms with E-state index in [0.717, 1.165) is 23.8 Å². The molecule has 3 heterocycles. The van der Waals surface area contributed by atoms with E-state index in [0.29, 0.717) is 5.92 Å². The van der Waals surface area contributed by atoms with Gasteiger partial charge < -0.3 is 5.32 Å². The minimum absolute atomic E-state index is 0.0903. The summed E-state index contributed by atoms with van der Waals surface area (Å²) in [6.45, 7) is 3.36. The van der Waals surface area contributed by atoms with Crippen molar-refractivity contribution in [2.45, 2.75) is 69.7 Å². The molecule has 1 saturated heterocycles. The van der Waals surface area contributed by atoms with E-state index in [9.17, 15) is 0 Å². The molecule has 0 radical (unpaired) electrons. The monoisotopic (exact) mass is 305 g/mol. The lowest BCUT2D eigenvalue weighted by atomic mass is 9.93. The van der Waals surface area contributed by atoms with Crippen molar-refractivity contribution < 1.29 is 0 Å². The van der Waals surface area contributed by atoms with Crippen molar-refractivity contribution in [3.63, 3.8) is 0 Å². The third-order valence-electron chi connectivity index (χ3n) is 5.07. The van der Waals surface area contributed by atoms with Crippen molar-refractivity contribution in [1.82, 2.24) is 25.1 Å². The summed E-state index contributed by atoms with van der Waals surface area (Å²) in [5.41, 5.74) is 0.0903. The number of hydrogen-bond acceptors (Lipinski definition) is 5. The summed E-state index contributed by atoms with van der Waals surface area (Å²) in [5, 5.41) is 18.7. The molecule has 2 aliphatic rings. The van der Waals surface area contributed by atoms with E-state index in [1.165, 1.54) is 50.0 Å². The second-order valence-electron chi connectivity index (χ2n) is 6.50. The van der Waals surface area contributed by atoms with Gasteiger partial charge in [-0.2, -0.15) is 9.61 Å². The van der Waals surface area contributed by atoms with Crippen LogP contribution in [0.15, 0.2) is 0 Å². The highest BCUT2D eigenvalue weighted by molar-refractivity contribution is 7.16. The third-order valence-corrected chi connectivity index (χ3v) is 6.17. The van der Waals surface area contributed by atoms with Gasteiger partial charge in [-0.3, -0.25) is 0 Å². The maximum atomic E-state index is 4.94. The third kappa shape index (κ3) is 2.19. The molecule has 0 aromatic carbocycles. The zero-order valence-electron chi connectivity index (χ0n) is 12.6. The first-order valence-electron chi connectivity index (χ1n) is 8.30. The van der Waals surface area contributed by atoms with Crippen LogP contribution in [-0.2, 0) is 5.54 Å². The molecule has 0 amide bonds. The predicted molar refractivity (Wildman–Crippen MR) is 83.7 cm³/mol. The summed E-state index contributed by atoms with van der Waals surface area (Å²) in [7, 11) is 0. The second kappa shape index (κ2) is 5.32. The normalized spacial score (nSPS) is 27.1. The van der Waals surface area contributed by atoms with Crippen molar-refractivity contribution in [2.75, 3.05) is 6.54 Å². The fourth-order valence-corrected chi connectivity index (χ4v) is 5.07. The molecular weight excluding hydrogens is 282 g/mol. The predicted octanol–water partition coefficient (Wildman–Crippen LogP) is 3.22. The van der Waals surface area contributed by atoms with Gasteiger partial charge in [0.15, 0.2) is 5.82 Å². The average molecular weight is 305 g/mol. The van der Waals surface area contributed by atoms with E-state index in [-0.39, 0.29) is 5.54 Å². The maximum Gasteiger partial charge on any atom is 0.234 e. The van der Waals surface area contributed by atoms with Gasteiger partial charge >= 0.3 is 0 Å². The molecular formula is C15H23N5S. The van der Waals surface area contributed by atoms with Gasteiger partial charge in [-0.15, -0.1) is 10.2 Å². The Morgan fingerprint density at radius 3 is 2.86 bits per heavy atom. The highest BCUT2D eigenvalue weighted by Gasteiger charge is 2.38. The maximum absolute atomic E-state index is 4.94. The molecule has 1 aliphatic heterocycles. The molecule has 1 atom stereocenters. The number of nitrogens with zero attached hydrogens (tertiary/aromatic N) is 4. The van der Waals surface area contributed by atoms with Crippen LogP contribution in [0.5, 0.6) is 0 Å². The smallest absolute Gasteiger partial charge is 0.234 e. The molecule has 4 rings (SSSR count). The minimum Gasteiger partial charge on any atom is -0.305 e. The van der Waals surface area contributed by atoms with Crippen LogP contribution in [-0.4, -0.2) is 26.4 Å². The van der Waals surface area contributed by atoms with Crippen LogP contribution in [0.2, 0.25) is 0 Å². The number of hydrogen-bond donors (Lipinski definition) is 1. The van der Waals surface area contributed by atoms with Gasteiger partial charge in [0.05, 0.1) is 5.54 Å². The Bertz CT molecular complexity index is 619. The summed E-state index contributed by atoms with van der Waals surface area (Å²) >= 11 is 1.73. The highest BCUT2D eigenvalue weighted by atomic mass is 32.1. The largest absolute Gasteiger partial charge is 0.305 e. The van der Waals surface area contributed by atoms with Gasteiger partial charge in [-0.1, -0.05) is 37.5 Å². The first-order chi connectivity index (χ1) is 10.3. The van der Waals surface area contributed by atoms with Crippen molar-refractivity contribution >= 4 is 16.3 Å². The van der Waals surface area contributed by atoms with Gasteiger partial charge in [0, 0.05) is 5.92 Å². The lowest BCUT2D eigenvalue weighted by Crippen LogP contribution is -2.36. The number of aromatic nitrogens is 4. The summed E-state index contributed by atoms with van der Waals surface area (Å²) < 4.78 is 2.04. The molecule has 5 nitrogen and oxygen atoms in total. The Morgan fingerprint density at radius 2 is 2.14 bits per heavy atom. The standard InChI is InChI=1S/C15H23N5S/c1-2-8-15(9-5-10-16-15)13-19-20-12(11-6-3-4-7-11)17-18-14(20)21-13/h11,16H,2-10H2,1H3. The van der Waals surface area contributed by atoms with Crippen LogP contribution >= 0.6 is 11.3 Å². The van der Waals surface area contributed by atoms with Gasteiger partial charge in [-0.25, -0.2) is 0 Å². The van der Waals surface area contributed by atoms with Crippen LogP contribution in [0.25, 0.3) is 4.96 Å². The molecule has 2 aromatic heterocycles. The van der Waals surface area contributed by atoms with E-state index in [4.69, 9.17) is 5.10 Å². The van der Waals surface area contributed by atoms with E-state index in [1.807, 2.05) is 4.52 Å². The summed E-state index contributed by atoms with van der Waals surface area (Å²) in [4.78, 5) is 0.969. The molecule has 1 saturated carbocycles. The van der Waals surface area contributed by atoms with Gasteiger partial charge in [0.25, 0.3) is 0 Å². The molecule has 0 spiro atoms. The first-order valence-corrected chi connectivity index (χ1v) is 9.12. The highest BCUT2D eigenvalue weighted by Crippen LogP contribution is 2.39. The quantitative estimate of drug-likeness (QED) is 0.942. The number of fused-ring (bicyclic) bond motifs is 1. The van der Waals surface area contributed by atoms with E-state index in [1.54, 1.807) is 11.3 Å². The topological polar surface area (TPSA) is 55.1 Å². The van der Waals surface area contributed by atoms with Crippen molar-refractivity contribution in [3.05, 3.63) is 10.8 Å². The van der Waals surface area contributed by atoms with Crippen LogP contribution in [0.1, 0.15) is 75.0 Å². The van der Waals surface area contributed by atoms with Crippen LogP contribution < -0.4 is 5.32 Å². The van der Waals surface area contributed by atoms with Crippen molar-refractivity contribution in [2.24, 2.45) is 0 Å². The minimum atomic E-state index is 0.0903. The lowest BCUT2D eigenvalue weighted by Gasteiger charge is -2.26. The number of rotatable bonds is 4. The molecule has 1 aliphatic carbocycles. The van der Waals surface area contributed by atoms with Crippen LogP contribution in [0.3, 0.4) is 0 Å². The van der Waals surface area contributed by atoms with E-state index >= 15 is 0 Å². The Morgan fingerprint density at radius 1 is 1.29 bits per heavy atom. The molecule has 0 bridgehead atoms. The van der Waals surface area contributed by atoms with Crippen molar-refractivity contribution in [3.8, 4) is 0 Å². The molecule has 2 fully saturated rings. The van der Waals surface area contributed by atoms with Crippen LogP contribution in [0.4, 0.5) is 0 Å². The molecule has 114 valence electrons. The molecule has 1 unspecified atom stereocenters. The Kier molecular flexibility index (Phi) is 3.46. The first kappa shape index (κ1) is 13.6. The van der Waals surface area contributed by atoms with Crippen molar-refractivity contribution in [1.29, 1.82) is 0 Å². The van der Waals surface area contributed by atoms with Gasteiger partial charge in [-0.05, 0) is 38.6 Å². The molecule has 1 N–H and O–H groups in total. The Balaban J connectivity index is 1.73. The molecule has 6 heteroatoms. The number of nitrogens with one attached hydrogen (secondary N) is 1. The molecule has 21 heavy (non-hydrogen) atoms. The van der Waals surface area contributed by atoms with Gasteiger partial charge in [0.1, 0.15) is 5.01 Å². The van der Waals surface area contributed by atoms with E-state index < -0.39 is 0 Å². The fourth-order valence-electron chi connectivity index (χ4n) is 4.00. The van der Waals surface area contributed by atoms with Gasteiger partial charge in [0.2, 0.25) is 4.96 Å². The summed E-state index contributed by atoms with van der Waals surface area (Å²) in [5.74, 6) is 1.66. The second-order valence-corrected chi connectivity index (χ2v) is 7.46. The Labute approximate surface area is 129 Å². The lowest BCUT2D eigenvalue weighted by molar-refractivity contribution is 0.350. The Hall–Kier alpha value is -1.01. The van der Waals surface area contributed by atoms with E-state index in [2.05, 4.69) is 22.4 Å². The molecule has 2 aromatic rings. The zero-order valence-corrected chi connectivity index (χ0v) is 13.5. The van der Waals surface area contributed by atoms with Crippen LogP contribution in [0, 0.1) is 0 Å². The summed E-state index contributed by atoms with van der Waals surface area (Å²) in [6, 6.07) is 0. The zero-order chi connectivity index (χ0) is 14.3. The summed E-state index contributed by atoms with van der Waals surface area (Å²) in [6.07, 6.45) is 9.91. The fraction of sp³-hybridized carbons (Fsp3) is 0.800.